The molecule has 1 aromatic rings. The van der Waals surface area contributed by atoms with Gasteiger partial charge in [-0.15, -0.1) is 11.3 Å². The smallest absolute Gasteiger partial charge is 0.328 e. The fourth-order valence-electron chi connectivity index (χ4n) is 1.26. The maximum atomic E-state index is 11.4. The van der Waals surface area contributed by atoms with Crippen molar-refractivity contribution in [1.29, 1.82) is 0 Å². The third kappa shape index (κ3) is 5.60. The van der Waals surface area contributed by atoms with Crippen molar-refractivity contribution in [2.24, 2.45) is 0 Å². The molecule has 0 saturated heterocycles. The van der Waals surface area contributed by atoms with E-state index in [0.29, 0.717) is 13.1 Å². The summed E-state index contributed by atoms with van der Waals surface area (Å²) in [6.45, 7) is 0.829. The second kappa shape index (κ2) is 6.93. The third-order valence-electron chi connectivity index (χ3n) is 1.99. The van der Waals surface area contributed by atoms with Crippen molar-refractivity contribution in [2.45, 2.75) is 6.54 Å². The van der Waals surface area contributed by atoms with Crippen LogP contribution in [0.3, 0.4) is 0 Å². The highest BCUT2D eigenvalue weighted by atomic mass is 32.1. The molecule has 18 heavy (non-hydrogen) atoms. The predicted molar refractivity (Wildman–Crippen MR) is 71.4 cm³/mol. The van der Waals surface area contributed by atoms with Crippen molar-refractivity contribution < 1.29 is 14.7 Å². The molecule has 2 N–H and O–H groups in total. The molecule has 0 unspecified atom stereocenters. The molecule has 0 aliphatic heterocycles. The summed E-state index contributed by atoms with van der Waals surface area (Å²) in [7, 11) is 3.67. The summed E-state index contributed by atoms with van der Waals surface area (Å²) in [5, 5.41) is 11.3. The van der Waals surface area contributed by atoms with E-state index in [2.05, 4.69) is 5.32 Å². The Morgan fingerprint density at radius 3 is 2.78 bits per heavy atom. The van der Waals surface area contributed by atoms with Gasteiger partial charge in [0.2, 0.25) is 5.91 Å². The fourth-order valence-corrected chi connectivity index (χ4v) is 2.12. The zero-order valence-corrected chi connectivity index (χ0v) is 11.2. The van der Waals surface area contributed by atoms with Crippen LogP contribution in [0.25, 0.3) is 6.08 Å². The van der Waals surface area contributed by atoms with Gasteiger partial charge in [-0.3, -0.25) is 4.79 Å². The monoisotopic (exact) mass is 268 g/mol. The summed E-state index contributed by atoms with van der Waals surface area (Å²) in [6.07, 6.45) is 2.64. The van der Waals surface area contributed by atoms with E-state index in [1.165, 1.54) is 17.4 Å². The molecule has 0 fully saturated rings. The van der Waals surface area contributed by atoms with Crippen molar-refractivity contribution in [1.82, 2.24) is 10.2 Å². The predicted octanol–water partition coefficient (Wildman–Crippen LogP) is 1.02. The Morgan fingerprint density at radius 1 is 1.44 bits per heavy atom. The lowest BCUT2D eigenvalue weighted by atomic mass is 10.4. The van der Waals surface area contributed by atoms with Crippen LogP contribution < -0.4 is 5.32 Å². The number of amides is 1. The number of thiophene rings is 1. The average Bonchev–Trinajstić information content (AvgIpc) is 2.70. The summed E-state index contributed by atoms with van der Waals surface area (Å²) >= 11 is 1.46. The molecule has 0 spiro atoms. The Balaban J connectivity index is 2.44. The summed E-state index contributed by atoms with van der Waals surface area (Å²) in [4.78, 5) is 25.4. The van der Waals surface area contributed by atoms with Crippen LogP contribution >= 0.6 is 11.3 Å². The number of aliphatic carboxylic acids is 1. The molecule has 1 rings (SSSR count). The lowest BCUT2D eigenvalue weighted by Gasteiger charge is -2.08. The summed E-state index contributed by atoms with van der Waals surface area (Å²) in [6, 6.07) is 3.71. The Morgan fingerprint density at radius 2 is 2.17 bits per heavy atom. The Hall–Kier alpha value is -1.66. The Kier molecular flexibility index (Phi) is 5.54. The number of rotatable bonds is 6. The molecule has 0 aliphatic rings. The Labute approximate surface area is 110 Å². The highest BCUT2D eigenvalue weighted by molar-refractivity contribution is 7.12. The van der Waals surface area contributed by atoms with Crippen molar-refractivity contribution in [2.75, 3.05) is 20.6 Å². The van der Waals surface area contributed by atoms with Crippen molar-refractivity contribution in [3.05, 3.63) is 28.0 Å². The number of nitrogens with zero attached hydrogens (tertiary/aromatic N) is 1. The van der Waals surface area contributed by atoms with Crippen LogP contribution in [-0.4, -0.2) is 42.5 Å². The summed E-state index contributed by atoms with van der Waals surface area (Å²) in [5.74, 6) is -1.000. The van der Waals surface area contributed by atoms with Gasteiger partial charge in [0.25, 0.3) is 0 Å². The number of carbonyl (C=O) groups excluding carboxylic acids is 1. The first-order valence-corrected chi connectivity index (χ1v) is 6.20. The van der Waals surface area contributed by atoms with Gasteiger partial charge < -0.3 is 15.3 Å². The molecule has 0 aliphatic carbocycles. The lowest BCUT2D eigenvalue weighted by Crippen LogP contribution is -2.32. The second-order valence-corrected chi connectivity index (χ2v) is 5.19. The molecule has 5 nitrogen and oxygen atoms in total. The van der Waals surface area contributed by atoms with E-state index < -0.39 is 5.97 Å². The quantitative estimate of drug-likeness (QED) is 0.756. The summed E-state index contributed by atoms with van der Waals surface area (Å²) < 4.78 is 0. The minimum absolute atomic E-state index is 0.0315. The maximum Gasteiger partial charge on any atom is 0.328 e. The number of hydrogen-bond acceptors (Lipinski definition) is 4. The zero-order valence-electron chi connectivity index (χ0n) is 10.3. The molecule has 1 heterocycles. The van der Waals surface area contributed by atoms with E-state index in [1.54, 1.807) is 4.90 Å². The van der Waals surface area contributed by atoms with Gasteiger partial charge in [0.15, 0.2) is 0 Å². The van der Waals surface area contributed by atoms with Gasteiger partial charge in [0.1, 0.15) is 0 Å². The molecule has 0 aromatic carbocycles. The largest absolute Gasteiger partial charge is 0.478 e. The molecule has 0 atom stereocenters. The first-order chi connectivity index (χ1) is 8.47. The molecule has 0 saturated carbocycles. The first-order valence-electron chi connectivity index (χ1n) is 5.38. The second-order valence-electron chi connectivity index (χ2n) is 3.99. The van der Waals surface area contributed by atoms with Gasteiger partial charge in [-0.05, 0) is 32.3 Å². The number of nitrogens with one attached hydrogen (secondary N) is 1. The van der Waals surface area contributed by atoms with E-state index in [1.807, 2.05) is 26.2 Å². The van der Waals surface area contributed by atoms with Gasteiger partial charge in [-0.1, -0.05) is 0 Å². The van der Waals surface area contributed by atoms with Crippen LogP contribution in [-0.2, 0) is 16.1 Å². The highest BCUT2D eigenvalue weighted by Gasteiger charge is 2.04. The molecular formula is C12H16N2O3S. The van der Waals surface area contributed by atoms with E-state index in [-0.39, 0.29) is 5.91 Å². The number of likely N-dealkylation sites (N-methyl/N-ethyl adjacent to an activating group) is 1. The number of hydrogen-bond donors (Lipinski definition) is 2. The molecule has 0 bridgehead atoms. The first kappa shape index (κ1) is 14.4. The van der Waals surface area contributed by atoms with Gasteiger partial charge in [-0.2, -0.15) is 0 Å². The minimum Gasteiger partial charge on any atom is -0.478 e. The van der Waals surface area contributed by atoms with Crippen LogP contribution in [0.1, 0.15) is 9.75 Å². The molecule has 6 heteroatoms. The van der Waals surface area contributed by atoms with Gasteiger partial charge >= 0.3 is 5.97 Å². The van der Waals surface area contributed by atoms with Crippen molar-refractivity contribution >= 4 is 29.3 Å². The molecule has 98 valence electrons. The maximum absolute atomic E-state index is 11.4. The third-order valence-corrected chi connectivity index (χ3v) is 3.04. The van der Waals surface area contributed by atoms with E-state index in [4.69, 9.17) is 5.11 Å². The minimum atomic E-state index is -0.968. The normalized spacial score (nSPS) is 11.1. The van der Waals surface area contributed by atoms with E-state index >= 15 is 0 Å². The molecule has 0 radical (unpaired) electrons. The van der Waals surface area contributed by atoms with Crippen LogP contribution in [0.5, 0.6) is 0 Å². The topological polar surface area (TPSA) is 69.6 Å². The number of carboxylic acid groups (broad SMARTS) is 1. The average molecular weight is 268 g/mol. The van der Waals surface area contributed by atoms with Crippen LogP contribution in [0.4, 0.5) is 0 Å². The molecule has 1 aromatic heterocycles. The molecular weight excluding hydrogens is 252 g/mol. The van der Waals surface area contributed by atoms with Crippen LogP contribution in [0.15, 0.2) is 18.2 Å². The van der Waals surface area contributed by atoms with E-state index in [9.17, 15) is 9.59 Å². The zero-order chi connectivity index (χ0) is 13.5. The van der Waals surface area contributed by atoms with E-state index in [0.717, 1.165) is 15.8 Å². The summed E-state index contributed by atoms with van der Waals surface area (Å²) in [5.41, 5.74) is 0. The standard InChI is InChI=1S/C12H16N2O3S/c1-14(2)8-11(15)13-7-10-4-3-9(18-10)5-6-12(16)17/h3-6H,7-8H2,1-2H3,(H,13,15)(H,16,17)/b6-5+. The SMILES string of the molecule is CN(C)CC(=O)NCc1ccc(/C=C/C(=O)O)s1. The van der Waals surface area contributed by atoms with Crippen molar-refractivity contribution in [3.8, 4) is 0 Å². The van der Waals surface area contributed by atoms with Crippen LogP contribution in [0.2, 0.25) is 0 Å². The highest BCUT2D eigenvalue weighted by Crippen LogP contribution is 2.17. The fraction of sp³-hybridized carbons (Fsp3) is 0.333. The van der Waals surface area contributed by atoms with Crippen molar-refractivity contribution in [3.63, 3.8) is 0 Å². The van der Waals surface area contributed by atoms with Gasteiger partial charge in [0.05, 0.1) is 13.1 Å². The number of carbonyl (C=O) groups is 2. The van der Waals surface area contributed by atoms with Gasteiger partial charge in [-0.25, -0.2) is 4.79 Å². The van der Waals surface area contributed by atoms with Crippen LogP contribution in [0, 0.1) is 0 Å². The lowest BCUT2D eigenvalue weighted by molar-refractivity contribution is -0.131. The van der Waals surface area contributed by atoms with Gasteiger partial charge in [0, 0.05) is 15.8 Å². The Bertz CT molecular complexity index is 452. The number of carboxylic acids is 1. The molecule has 1 amide bonds.